The van der Waals surface area contributed by atoms with E-state index in [0.29, 0.717) is 5.69 Å². The Bertz CT molecular complexity index is 600. The van der Waals surface area contributed by atoms with Gasteiger partial charge in [0.2, 0.25) is 0 Å². The molecule has 0 fully saturated rings. The van der Waals surface area contributed by atoms with Crippen molar-refractivity contribution in [2.75, 3.05) is 5.32 Å². The van der Waals surface area contributed by atoms with Crippen molar-refractivity contribution in [1.82, 2.24) is 10.9 Å². The Hall–Kier alpha value is -2.89. The van der Waals surface area contributed by atoms with Crippen LogP contribution in [0.5, 0.6) is 0 Å². The quantitative estimate of drug-likeness (QED) is 0.735. The molecule has 0 aliphatic rings. The smallest absolute Gasteiger partial charge is 0.307 e. The van der Waals surface area contributed by atoms with Crippen LogP contribution in [0.15, 0.2) is 54.6 Å². The van der Waals surface area contributed by atoms with Crippen LogP contribution in [0.1, 0.15) is 10.4 Å². The molecule has 0 radical (unpaired) electrons. The van der Waals surface area contributed by atoms with E-state index in [4.69, 9.17) is 0 Å². The minimum atomic E-state index is -0.577. The van der Waals surface area contributed by atoms with Crippen molar-refractivity contribution >= 4 is 17.6 Å². The highest BCUT2D eigenvalue weighted by Gasteiger charge is 2.07. The highest BCUT2D eigenvalue weighted by molar-refractivity contribution is 5.97. The van der Waals surface area contributed by atoms with Crippen molar-refractivity contribution in [3.05, 3.63) is 66.0 Å². The Balaban J connectivity index is 1.84. The third kappa shape index (κ3) is 3.81. The number of carbonyl (C=O) groups is 2. The van der Waals surface area contributed by atoms with Crippen LogP contribution in [0.3, 0.4) is 0 Å². The van der Waals surface area contributed by atoms with Gasteiger partial charge in [0.15, 0.2) is 0 Å². The van der Waals surface area contributed by atoms with Gasteiger partial charge in [0, 0.05) is 11.3 Å². The molecule has 5 nitrogen and oxygen atoms in total. The molecule has 3 amide bonds. The number of benzene rings is 2. The molecule has 0 spiro atoms. The number of nitrogens with one attached hydrogen (secondary N) is 3. The maximum atomic E-state index is 12.7. The van der Waals surface area contributed by atoms with Gasteiger partial charge in [-0.25, -0.2) is 14.6 Å². The Kier molecular flexibility index (Phi) is 4.28. The summed E-state index contributed by atoms with van der Waals surface area (Å²) in [5.74, 6) is -0.968. The fourth-order valence-corrected chi connectivity index (χ4v) is 1.47. The first-order valence-corrected chi connectivity index (χ1v) is 5.83. The molecule has 102 valence electrons. The molecule has 6 heteroatoms. The number of hydrogen-bond donors (Lipinski definition) is 3. The van der Waals surface area contributed by atoms with E-state index in [-0.39, 0.29) is 5.56 Å². The van der Waals surface area contributed by atoms with E-state index in [1.807, 2.05) is 6.07 Å². The second-order valence-corrected chi connectivity index (χ2v) is 3.91. The van der Waals surface area contributed by atoms with Crippen molar-refractivity contribution < 1.29 is 14.0 Å². The normalized spacial score (nSPS) is 9.65. The summed E-state index contributed by atoms with van der Waals surface area (Å²) in [6.07, 6.45) is 0. The number of anilines is 1. The predicted molar refractivity (Wildman–Crippen MR) is 72.5 cm³/mol. The lowest BCUT2D eigenvalue weighted by Gasteiger charge is -2.08. The van der Waals surface area contributed by atoms with Gasteiger partial charge in [-0.05, 0) is 36.4 Å². The van der Waals surface area contributed by atoms with Gasteiger partial charge in [-0.3, -0.25) is 10.2 Å². The molecule has 0 saturated heterocycles. The highest BCUT2D eigenvalue weighted by atomic mass is 19.1. The van der Waals surface area contributed by atoms with E-state index in [1.165, 1.54) is 24.3 Å². The van der Waals surface area contributed by atoms with E-state index in [9.17, 15) is 14.0 Å². The molecule has 2 aromatic carbocycles. The van der Waals surface area contributed by atoms with Crippen molar-refractivity contribution in [1.29, 1.82) is 0 Å². The van der Waals surface area contributed by atoms with Crippen LogP contribution < -0.4 is 16.2 Å². The number of carbonyl (C=O) groups excluding carboxylic acids is 2. The van der Waals surface area contributed by atoms with Gasteiger partial charge in [0.05, 0.1) is 0 Å². The molecule has 2 rings (SSSR count). The summed E-state index contributed by atoms with van der Waals surface area (Å²) >= 11 is 0. The number of para-hydroxylation sites is 1. The van der Waals surface area contributed by atoms with Crippen LogP contribution in [-0.2, 0) is 0 Å². The van der Waals surface area contributed by atoms with Gasteiger partial charge >= 0.3 is 6.03 Å². The Morgan fingerprint density at radius 2 is 1.50 bits per heavy atom. The molecule has 2 aromatic rings. The van der Waals surface area contributed by atoms with E-state index in [0.717, 1.165) is 0 Å². The summed E-state index contributed by atoms with van der Waals surface area (Å²) in [6, 6.07) is 13.2. The summed E-state index contributed by atoms with van der Waals surface area (Å²) in [5.41, 5.74) is 5.26. The average Bonchev–Trinajstić information content (AvgIpc) is 2.46. The maximum Gasteiger partial charge on any atom is 0.337 e. The topological polar surface area (TPSA) is 70.2 Å². The first-order valence-electron chi connectivity index (χ1n) is 5.83. The van der Waals surface area contributed by atoms with Crippen LogP contribution in [0, 0.1) is 5.82 Å². The molecule has 20 heavy (non-hydrogen) atoms. The molecule has 0 unspecified atom stereocenters. The zero-order valence-corrected chi connectivity index (χ0v) is 10.4. The fourth-order valence-electron chi connectivity index (χ4n) is 1.47. The highest BCUT2D eigenvalue weighted by Crippen LogP contribution is 2.04. The average molecular weight is 273 g/mol. The second kappa shape index (κ2) is 6.33. The van der Waals surface area contributed by atoms with Gasteiger partial charge < -0.3 is 5.32 Å². The van der Waals surface area contributed by atoms with Crippen molar-refractivity contribution in [3.63, 3.8) is 0 Å². The first kappa shape index (κ1) is 13.5. The summed E-state index contributed by atoms with van der Waals surface area (Å²) in [5, 5.41) is 2.53. The van der Waals surface area contributed by atoms with E-state index >= 15 is 0 Å². The minimum absolute atomic E-state index is 0.242. The van der Waals surface area contributed by atoms with Gasteiger partial charge in [-0.15, -0.1) is 0 Å². The lowest BCUT2D eigenvalue weighted by Crippen LogP contribution is -2.43. The maximum absolute atomic E-state index is 12.7. The van der Waals surface area contributed by atoms with Gasteiger partial charge in [-0.1, -0.05) is 18.2 Å². The largest absolute Gasteiger partial charge is 0.337 e. The van der Waals surface area contributed by atoms with Crippen LogP contribution in [-0.4, -0.2) is 11.9 Å². The van der Waals surface area contributed by atoms with Crippen LogP contribution >= 0.6 is 0 Å². The van der Waals surface area contributed by atoms with Gasteiger partial charge in [-0.2, -0.15) is 0 Å². The predicted octanol–water partition coefficient (Wildman–Crippen LogP) is 2.29. The van der Waals surface area contributed by atoms with E-state index in [1.54, 1.807) is 24.3 Å². The number of halogens is 1. The number of urea groups is 1. The minimum Gasteiger partial charge on any atom is -0.307 e. The number of hydrogen-bond acceptors (Lipinski definition) is 2. The molecule has 0 bridgehead atoms. The van der Waals surface area contributed by atoms with Gasteiger partial charge in [0.25, 0.3) is 5.91 Å². The van der Waals surface area contributed by atoms with E-state index < -0.39 is 17.8 Å². The third-order valence-corrected chi connectivity index (χ3v) is 2.43. The van der Waals surface area contributed by atoms with E-state index in [2.05, 4.69) is 16.2 Å². The molecule has 0 heterocycles. The van der Waals surface area contributed by atoms with Gasteiger partial charge in [0.1, 0.15) is 5.82 Å². The summed E-state index contributed by atoms with van der Waals surface area (Å²) in [6.45, 7) is 0. The Labute approximate surface area is 114 Å². The number of hydrazine groups is 1. The molecular weight excluding hydrogens is 261 g/mol. The lowest BCUT2D eigenvalue weighted by molar-refractivity contribution is 0.0938. The summed E-state index contributed by atoms with van der Waals surface area (Å²) < 4.78 is 12.7. The standard InChI is InChI=1S/C14H12FN3O2/c15-11-8-6-10(7-9-11)13(19)17-18-14(20)16-12-4-2-1-3-5-12/h1-9H,(H,17,19)(H2,16,18,20). The Morgan fingerprint density at radius 1 is 0.850 bits per heavy atom. The molecule has 3 N–H and O–H groups in total. The third-order valence-electron chi connectivity index (χ3n) is 2.43. The zero-order chi connectivity index (χ0) is 14.4. The SMILES string of the molecule is O=C(NNC(=O)c1ccc(F)cc1)Nc1ccccc1. The van der Waals surface area contributed by atoms with Crippen LogP contribution in [0.2, 0.25) is 0 Å². The summed E-state index contributed by atoms with van der Waals surface area (Å²) in [4.78, 5) is 23.1. The fraction of sp³-hybridized carbons (Fsp3) is 0. The Morgan fingerprint density at radius 3 is 2.15 bits per heavy atom. The summed E-state index contributed by atoms with van der Waals surface area (Å²) in [7, 11) is 0. The molecular formula is C14H12FN3O2. The number of amides is 3. The molecule has 0 atom stereocenters. The second-order valence-electron chi connectivity index (χ2n) is 3.91. The zero-order valence-electron chi connectivity index (χ0n) is 10.4. The molecule has 0 saturated carbocycles. The number of rotatable bonds is 2. The molecule has 0 aromatic heterocycles. The monoisotopic (exact) mass is 273 g/mol. The molecule has 0 aliphatic carbocycles. The van der Waals surface area contributed by atoms with Crippen LogP contribution in [0.25, 0.3) is 0 Å². The lowest BCUT2D eigenvalue weighted by atomic mass is 10.2. The van der Waals surface area contributed by atoms with Crippen molar-refractivity contribution in [2.45, 2.75) is 0 Å². The van der Waals surface area contributed by atoms with Crippen LogP contribution in [0.4, 0.5) is 14.9 Å². The van der Waals surface area contributed by atoms with Crippen molar-refractivity contribution in [3.8, 4) is 0 Å². The van der Waals surface area contributed by atoms with Crippen molar-refractivity contribution in [2.24, 2.45) is 0 Å². The molecule has 0 aliphatic heterocycles. The first-order chi connectivity index (χ1) is 9.65.